The molecular formula is C17H16Cl2N4OS2. The average Bonchev–Trinajstić information content (AvgIpc) is 3.09. The van der Waals surface area contributed by atoms with E-state index in [1.54, 1.807) is 18.2 Å². The molecule has 1 aromatic carbocycles. The maximum absolute atomic E-state index is 12.6. The fourth-order valence-electron chi connectivity index (χ4n) is 2.88. The van der Waals surface area contributed by atoms with E-state index in [1.807, 2.05) is 0 Å². The monoisotopic (exact) mass is 426 g/mol. The highest BCUT2D eigenvalue weighted by atomic mass is 35.5. The van der Waals surface area contributed by atoms with E-state index in [0.717, 1.165) is 24.8 Å². The summed E-state index contributed by atoms with van der Waals surface area (Å²) in [4.78, 5) is 12.6. The summed E-state index contributed by atoms with van der Waals surface area (Å²) in [5.41, 5.74) is -0.102. The first kappa shape index (κ1) is 19.4. The molecule has 0 atom stereocenters. The van der Waals surface area contributed by atoms with Gasteiger partial charge in [0.25, 0.3) is 0 Å². The van der Waals surface area contributed by atoms with Crippen LogP contribution in [0.15, 0.2) is 22.5 Å². The zero-order chi connectivity index (χ0) is 18.6. The van der Waals surface area contributed by atoms with Crippen molar-refractivity contribution < 1.29 is 4.79 Å². The SMILES string of the molecule is N#CC1(C(=O)Nc2nnc(SCc3c(Cl)cccc3Cl)s2)CCCCC1. The van der Waals surface area contributed by atoms with E-state index in [-0.39, 0.29) is 5.91 Å². The normalized spacial score (nSPS) is 16.0. The molecule has 1 aliphatic rings. The third kappa shape index (κ3) is 4.32. The Kier molecular flexibility index (Phi) is 6.41. The van der Waals surface area contributed by atoms with Gasteiger partial charge >= 0.3 is 0 Å². The Labute approximate surface area is 170 Å². The van der Waals surface area contributed by atoms with Gasteiger partial charge in [-0.2, -0.15) is 5.26 Å². The smallest absolute Gasteiger partial charge is 0.246 e. The Morgan fingerprint density at radius 2 is 1.96 bits per heavy atom. The fourth-order valence-corrected chi connectivity index (χ4v) is 5.37. The maximum Gasteiger partial charge on any atom is 0.246 e. The number of benzene rings is 1. The van der Waals surface area contributed by atoms with Crippen molar-refractivity contribution in [2.45, 2.75) is 42.2 Å². The summed E-state index contributed by atoms with van der Waals surface area (Å²) in [6, 6.07) is 7.60. The Bertz CT molecular complexity index is 823. The predicted octanol–water partition coefficient (Wildman–Crippen LogP) is 5.55. The number of nitrogens with one attached hydrogen (secondary N) is 1. The minimum absolute atomic E-state index is 0.276. The average molecular weight is 427 g/mol. The van der Waals surface area contributed by atoms with Crippen LogP contribution in [0.5, 0.6) is 0 Å². The molecule has 1 saturated carbocycles. The maximum atomic E-state index is 12.6. The lowest BCUT2D eigenvalue weighted by Gasteiger charge is -2.28. The number of nitrogens with zero attached hydrogens (tertiary/aromatic N) is 3. The number of carbonyl (C=O) groups is 1. The summed E-state index contributed by atoms with van der Waals surface area (Å²) < 4.78 is 0.700. The highest BCUT2D eigenvalue weighted by Crippen LogP contribution is 2.38. The molecule has 136 valence electrons. The van der Waals surface area contributed by atoms with Crippen LogP contribution in [0.25, 0.3) is 0 Å². The lowest BCUT2D eigenvalue weighted by atomic mass is 9.74. The standard InChI is InChI=1S/C17H16Cl2N4OS2/c18-12-5-4-6-13(19)11(12)9-25-16-23-22-15(26-16)21-14(24)17(10-20)7-2-1-3-8-17/h4-6H,1-3,7-9H2,(H,21,22,24). The van der Waals surface area contributed by atoms with Crippen molar-refractivity contribution in [1.82, 2.24) is 10.2 Å². The van der Waals surface area contributed by atoms with E-state index in [4.69, 9.17) is 23.2 Å². The number of halogens is 2. The molecule has 0 bridgehead atoms. The second-order valence-electron chi connectivity index (χ2n) is 6.07. The van der Waals surface area contributed by atoms with Crippen LogP contribution in [0.1, 0.15) is 37.7 Å². The molecule has 0 radical (unpaired) electrons. The van der Waals surface area contributed by atoms with Crippen LogP contribution in [0.3, 0.4) is 0 Å². The van der Waals surface area contributed by atoms with Crippen LogP contribution in [0.2, 0.25) is 10.0 Å². The Morgan fingerprint density at radius 3 is 2.62 bits per heavy atom. The molecule has 0 unspecified atom stereocenters. The van der Waals surface area contributed by atoms with Crippen LogP contribution in [0, 0.1) is 16.7 Å². The Balaban J connectivity index is 1.63. The van der Waals surface area contributed by atoms with Crippen molar-refractivity contribution in [3.8, 4) is 6.07 Å². The van der Waals surface area contributed by atoms with Crippen molar-refractivity contribution in [3.05, 3.63) is 33.8 Å². The van der Waals surface area contributed by atoms with Gasteiger partial charge in [0.1, 0.15) is 5.41 Å². The summed E-state index contributed by atoms with van der Waals surface area (Å²) >= 11 is 15.1. The molecule has 26 heavy (non-hydrogen) atoms. The number of thioether (sulfide) groups is 1. The van der Waals surface area contributed by atoms with Gasteiger partial charge in [-0.25, -0.2) is 0 Å². The van der Waals surface area contributed by atoms with E-state index in [9.17, 15) is 10.1 Å². The predicted molar refractivity (Wildman–Crippen MR) is 106 cm³/mol. The van der Waals surface area contributed by atoms with E-state index < -0.39 is 5.41 Å². The summed E-state index contributed by atoms with van der Waals surface area (Å²) in [5.74, 6) is 0.282. The number of hydrogen-bond acceptors (Lipinski definition) is 6. The second kappa shape index (κ2) is 8.57. The molecule has 3 rings (SSSR count). The molecule has 1 heterocycles. The number of carbonyl (C=O) groups excluding carboxylic acids is 1. The van der Waals surface area contributed by atoms with Crippen molar-refractivity contribution in [2.75, 3.05) is 5.32 Å². The van der Waals surface area contributed by atoms with Crippen LogP contribution in [0.4, 0.5) is 5.13 Å². The third-order valence-electron chi connectivity index (χ3n) is 4.38. The molecule has 5 nitrogen and oxygen atoms in total. The van der Waals surface area contributed by atoms with Crippen LogP contribution in [-0.4, -0.2) is 16.1 Å². The number of aromatic nitrogens is 2. The molecule has 0 spiro atoms. The van der Waals surface area contributed by atoms with E-state index in [2.05, 4.69) is 21.6 Å². The first-order valence-corrected chi connectivity index (χ1v) is 10.7. The summed E-state index contributed by atoms with van der Waals surface area (Å²) in [7, 11) is 0. The zero-order valence-corrected chi connectivity index (χ0v) is 16.9. The van der Waals surface area contributed by atoms with Crippen molar-refractivity contribution in [1.29, 1.82) is 5.26 Å². The molecular weight excluding hydrogens is 411 g/mol. The van der Waals surface area contributed by atoms with Crippen molar-refractivity contribution in [2.24, 2.45) is 5.41 Å². The molecule has 2 aromatic rings. The molecule has 1 fully saturated rings. The highest BCUT2D eigenvalue weighted by Gasteiger charge is 2.40. The number of amides is 1. The van der Waals surface area contributed by atoms with E-state index in [1.165, 1.54) is 23.1 Å². The van der Waals surface area contributed by atoms with E-state index in [0.29, 0.717) is 38.1 Å². The van der Waals surface area contributed by atoms with Crippen LogP contribution < -0.4 is 5.32 Å². The number of anilines is 1. The van der Waals surface area contributed by atoms with Gasteiger partial charge in [-0.1, -0.05) is 71.6 Å². The molecule has 0 aliphatic heterocycles. The van der Waals surface area contributed by atoms with Gasteiger partial charge in [0, 0.05) is 15.8 Å². The Hall–Kier alpha value is -1.33. The molecule has 1 amide bonds. The summed E-state index contributed by atoms with van der Waals surface area (Å²) in [5, 5.41) is 22.0. The second-order valence-corrected chi connectivity index (χ2v) is 9.09. The van der Waals surface area contributed by atoms with Crippen LogP contribution in [-0.2, 0) is 10.5 Å². The minimum atomic E-state index is -0.942. The van der Waals surface area contributed by atoms with Crippen molar-refractivity contribution >= 4 is 57.3 Å². The lowest BCUT2D eigenvalue weighted by molar-refractivity contribution is -0.124. The number of rotatable bonds is 5. The summed E-state index contributed by atoms with van der Waals surface area (Å²) in [6.45, 7) is 0. The lowest BCUT2D eigenvalue weighted by Crippen LogP contribution is -2.36. The third-order valence-corrected chi connectivity index (χ3v) is 7.09. The van der Waals surface area contributed by atoms with E-state index >= 15 is 0 Å². The molecule has 1 N–H and O–H groups in total. The quantitative estimate of drug-likeness (QED) is 0.500. The number of nitriles is 1. The highest BCUT2D eigenvalue weighted by molar-refractivity contribution is 8.00. The Morgan fingerprint density at radius 1 is 1.27 bits per heavy atom. The van der Waals surface area contributed by atoms with Crippen molar-refractivity contribution in [3.63, 3.8) is 0 Å². The first-order valence-electron chi connectivity index (χ1n) is 8.16. The first-order chi connectivity index (χ1) is 12.5. The largest absolute Gasteiger partial charge is 0.299 e. The number of hydrogen-bond donors (Lipinski definition) is 1. The van der Waals surface area contributed by atoms with Gasteiger partial charge in [-0.05, 0) is 30.5 Å². The van der Waals surface area contributed by atoms with Gasteiger partial charge in [0.05, 0.1) is 6.07 Å². The fraction of sp³-hybridized carbons (Fsp3) is 0.412. The molecule has 9 heteroatoms. The molecule has 1 aromatic heterocycles. The topological polar surface area (TPSA) is 78.7 Å². The minimum Gasteiger partial charge on any atom is -0.299 e. The van der Waals surface area contributed by atoms with Gasteiger partial charge in [0.15, 0.2) is 4.34 Å². The van der Waals surface area contributed by atoms with Gasteiger partial charge < -0.3 is 0 Å². The van der Waals surface area contributed by atoms with Gasteiger partial charge in [-0.15, -0.1) is 10.2 Å². The summed E-state index contributed by atoms with van der Waals surface area (Å²) in [6.07, 6.45) is 4.07. The van der Waals surface area contributed by atoms with Gasteiger partial charge in [-0.3, -0.25) is 10.1 Å². The molecule has 0 saturated heterocycles. The van der Waals surface area contributed by atoms with Crippen LogP contribution >= 0.6 is 46.3 Å². The molecule has 1 aliphatic carbocycles. The van der Waals surface area contributed by atoms with Gasteiger partial charge in [0.2, 0.25) is 11.0 Å². The zero-order valence-electron chi connectivity index (χ0n) is 13.8.